The highest BCUT2D eigenvalue weighted by Gasteiger charge is 2.49. The van der Waals surface area contributed by atoms with Gasteiger partial charge in [0.05, 0.1) is 0 Å². The number of rotatable bonds is 1. The van der Waals surface area contributed by atoms with Crippen molar-refractivity contribution in [1.82, 2.24) is 4.90 Å². The Morgan fingerprint density at radius 1 is 0.905 bits per heavy atom. The fourth-order valence-electron chi connectivity index (χ4n) is 3.59. The number of hydrogen-bond donors (Lipinski definition) is 1. The molecule has 3 heteroatoms. The fourth-order valence-corrected chi connectivity index (χ4v) is 3.59. The molecule has 4 rings (SSSR count). The number of benzene rings is 2. The smallest absolute Gasteiger partial charge is 0.264 e. The van der Waals surface area contributed by atoms with Crippen LogP contribution in [0.1, 0.15) is 24.0 Å². The largest absolute Gasteiger partial charge is 0.372 e. The van der Waals surface area contributed by atoms with E-state index in [0.29, 0.717) is 11.1 Å². The average Bonchev–Trinajstić information content (AvgIpc) is 3.15. The molecule has 106 valence electrons. The molecule has 0 spiro atoms. The summed E-state index contributed by atoms with van der Waals surface area (Å²) in [4.78, 5) is 14.8. The number of hydrogen-bond acceptors (Lipinski definition) is 2. The summed E-state index contributed by atoms with van der Waals surface area (Å²) >= 11 is 0. The Labute approximate surface area is 123 Å². The van der Waals surface area contributed by atoms with Crippen molar-refractivity contribution in [2.24, 2.45) is 0 Å². The van der Waals surface area contributed by atoms with Crippen LogP contribution in [0.4, 0.5) is 0 Å². The van der Waals surface area contributed by atoms with Crippen molar-refractivity contribution in [3.05, 3.63) is 59.7 Å². The van der Waals surface area contributed by atoms with Crippen molar-refractivity contribution >= 4 is 5.91 Å². The van der Waals surface area contributed by atoms with Gasteiger partial charge in [-0.05, 0) is 24.0 Å². The van der Waals surface area contributed by atoms with E-state index in [2.05, 4.69) is 0 Å². The van der Waals surface area contributed by atoms with E-state index in [-0.39, 0.29) is 5.91 Å². The quantitative estimate of drug-likeness (QED) is 0.871. The highest BCUT2D eigenvalue weighted by Crippen LogP contribution is 2.48. The number of carbonyl (C=O) groups excluding carboxylic acids is 1. The summed E-state index contributed by atoms with van der Waals surface area (Å²) in [5.74, 6) is -0.183. The van der Waals surface area contributed by atoms with Gasteiger partial charge in [-0.1, -0.05) is 48.5 Å². The zero-order valence-electron chi connectivity index (χ0n) is 11.7. The van der Waals surface area contributed by atoms with Crippen LogP contribution in [-0.2, 0) is 10.4 Å². The normalized spacial score (nSPS) is 18.4. The SMILES string of the molecule is O=C(N1CCCC1)C1(O)c2ccccc2-c2ccccc21. The number of nitrogens with zero attached hydrogens (tertiary/aromatic N) is 1. The van der Waals surface area contributed by atoms with E-state index in [1.807, 2.05) is 48.5 Å². The molecule has 0 unspecified atom stereocenters. The van der Waals surface area contributed by atoms with Crippen molar-refractivity contribution in [2.75, 3.05) is 13.1 Å². The van der Waals surface area contributed by atoms with Crippen molar-refractivity contribution in [2.45, 2.75) is 18.4 Å². The van der Waals surface area contributed by atoms with E-state index >= 15 is 0 Å². The third-order valence-corrected chi connectivity index (χ3v) is 4.63. The van der Waals surface area contributed by atoms with Crippen LogP contribution in [0.25, 0.3) is 11.1 Å². The molecular weight excluding hydrogens is 262 g/mol. The van der Waals surface area contributed by atoms with Gasteiger partial charge >= 0.3 is 0 Å². The molecule has 1 fully saturated rings. The highest BCUT2D eigenvalue weighted by molar-refractivity contribution is 5.98. The minimum Gasteiger partial charge on any atom is -0.372 e. The summed E-state index contributed by atoms with van der Waals surface area (Å²) in [5.41, 5.74) is 1.81. The maximum absolute atomic E-state index is 13.0. The van der Waals surface area contributed by atoms with Gasteiger partial charge in [0.25, 0.3) is 5.91 Å². The summed E-state index contributed by atoms with van der Waals surface area (Å²) in [6.45, 7) is 1.48. The van der Waals surface area contributed by atoms with Gasteiger partial charge in [0.1, 0.15) is 0 Å². The van der Waals surface area contributed by atoms with Crippen LogP contribution >= 0.6 is 0 Å². The van der Waals surface area contributed by atoms with Gasteiger partial charge in [0.2, 0.25) is 0 Å². The Morgan fingerprint density at radius 2 is 1.38 bits per heavy atom. The van der Waals surface area contributed by atoms with Gasteiger partial charge in [0.15, 0.2) is 5.60 Å². The third kappa shape index (κ3) is 1.61. The van der Waals surface area contributed by atoms with Crippen LogP contribution in [0.5, 0.6) is 0 Å². The second kappa shape index (κ2) is 4.43. The van der Waals surface area contributed by atoms with Crippen molar-refractivity contribution in [3.63, 3.8) is 0 Å². The molecule has 1 heterocycles. The molecule has 0 bridgehead atoms. The van der Waals surface area contributed by atoms with E-state index < -0.39 is 5.60 Å². The second-order valence-corrected chi connectivity index (χ2v) is 5.80. The summed E-state index contributed by atoms with van der Waals surface area (Å²) in [6, 6.07) is 15.3. The number of amides is 1. The summed E-state index contributed by atoms with van der Waals surface area (Å²) in [5, 5.41) is 11.3. The fraction of sp³-hybridized carbons (Fsp3) is 0.278. The topological polar surface area (TPSA) is 40.5 Å². The molecule has 2 aromatic carbocycles. The van der Waals surface area contributed by atoms with E-state index in [4.69, 9.17) is 0 Å². The molecule has 0 radical (unpaired) electrons. The predicted octanol–water partition coefficient (Wildman–Crippen LogP) is 2.53. The van der Waals surface area contributed by atoms with Crippen LogP contribution in [0.15, 0.2) is 48.5 Å². The van der Waals surface area contributed by atoms with E-state index in [1.54, 1.807) is 4.90 Å². The Hall–Kier alpha value is -2.13. The van der Waals surface area contributed by atoms with Gasteiger partial charge in [0, 0.05) is 24.2 Å². The molecule has 0 aromatic heterocycles. The lowest BCUT2D eigenvalue weighted by Crippen LogP contribution is -2.45. The van der Waals surface area contributed by atoms with Crippen molar-refractivity contribution in [1.29, 1.82) is 0 Å². The maximum atomic E-state index is 13.0. The van der Waals surface area contributed by atoms with Gasteiger partial charge in [-0.3, -0.25) is 4.79 Å². The van der Waals surface area contributed by atoms with Crippen LogP contribution < -0.4 is 0 Å². The molecule has 1 saturated heterocycles. The number of carbonyl (C=O) groups is 1. The number of likely N-dealkylation sites (tertiary alicyclic amines) is 1. The van der Waals surface area contributed by atoms with Gasteiger partial charge in [-0.2, -0.15) is 0 Å². The lowest BCUT2D eigenvalue weighted by Gasteiger charge is -2.29. The predicted molar refractivity (Wildman–Crippen MR) is 80.7 cm³/mol. The van der Waals surface area contributed by atoms with Crippen LogP contribution in [0.2, 0.25) is 0 Å². The third-order valence-electron chi connectivity index (χ3n) is 4.63. The summed E-state index contributed by atoms with van der Waals surface area (Å²) in [7, 11) is 0. The van der Waals surface area contributed by atoms with Crippen LogP contribution in [-0.4, -0.2) is 29.0 Å². The molecule has 1 aliphatic carbocycles. The van der Waals surface area contributed by atoms with Crippen LogP contribution in [0, 0.1) is 0 Å². The van der Waals surface area contributed by atoms with E-state index in [9.17, 15) is 9.90 Å². The molecule has 3 nitrogen and oxygen atoms in total. The van der Waals surface area contributed by atoms with E-state index in [0.717, 1.165) is 37.1 Å². The first-order valence-corrected chi connectivity index (χ1v) is 7.44. The Balaban J connectivity index is 1.93. The van der Waals surface area contributed by atoms with Crippen LogP contribution in [0.3, 0.4) is 0 Å². The minimum absolute atomic E-state index is 0.183. The second-order valence-electron chi connectivity index (χ2n) is 5.80. The average molecular weight is 279 g/mol. The molecule has 1 N–H and O–H groups in total. The van der Waals surface area contributed by atoms with Gasteiger partial charge in [-0.25, -0.2) is 0 Å². The molecular formula is C18H17NO2. The van der Waals surface area contributed by atoms with E-state index in [1.165, 1.54) is 0 Å². The highest BCUT2D eigenvalue weighted by atomic mass is 16.3. The minimum atomic E-state index is -1.53. The standard InChI is InChI=1S/C18H17NO2/c20-17(19-11-5-6-12-19)18(21)15-9-3-1-7-13(15)14-8-2-4-10-16(14)18/h1-4,7-10,21H,5-6,11-12H2. The Kier molecular flexibility index (Phi) is 2.66. The number of aliphatic hydroxyl groups is 1. The first-order chi connectivity index (χ1) is 10.2. The molecule has 2 aliphatic rings. The summed E-state index contributed by atoms with van der Waals surface area (Å²) in [6.07, 6.45) is 2.04. The zero-order valence-corrected chi connectivity index (χ0v) is 11.7. The Bertz CT molecular complexity index is 671. The first-order valence-electron chi connectivity index (χ1n) is 7.44. The summed E-state index contributed by atoms with van der Waals surface area (Å²) < 4.78 is 0. The number of fused-ring (bicyclic) bond motifs is 3. The molecule has 2 aromatic rings. The van der Waals surface area contributed by atoms with Gasteiger partial charge in [-0.15, -0.1) is 0 Å². The molecule has 0 atom stereocenters. The lowest BCUT2D eigenvalue weighted by atomic mass is 9.90. The molecule has 0 saturated carbocycles. The Morgan fingerprint density at radius 3 is 1.90 bits per heavy atom. The molecule has 21 heavy (non-hydrogen) atoms. The maximum Gasteiger partial charge on any atom is 0.264 e. The van der Waals surface area contributed by atoms with Crippen molar-refractivity contribution in [3.8, 4) is 11.1 Å². The first kappa shape index (κ1) is 12.6. The zero-order chi connectivity index (χ0) is 14.4. The lowest BCUT2D eigenvalue weighted by molar-refractivity contribution is -0.146. The van der Waals surface area contributed by atoms with Crippen molar-refractivity contribution < 1.29 is 9.90 Å². The monoisotopic (exact) mass is 279 g/mol. The molecule has 1 aliphatic heterocycles. The van der Waals surface area contributed by atoms with Gasteiger partial charge < -0.3 is 10.0 Å². The molecule has 1 amide bonds.